The molecule has 2 aliphatic carbocycles. The lowest BCUT2D eigenvalue weighted by Gasteiger charge is -2.32. The van der Waals surface area contributed by atoms with Crippen molar-refractivity contribution in [1.82, 2.24) is 9.71 Å². The number of alkyl halides is 4. The van der Waals surface area contributed by atoms with Crippen LogP contribution in [0, 0.1) is 5.82 Å². The van der Waals surface area contributed by atoms with Gasteiger partial charge in [0.1, 0.15) is 16.9 Å². The molecule has 0 atom stereocenters. The SMILES string of the molecule is NCC1(F)CCC(SCc2nc3cc(NC4CCCC4)cc(F)c3c(=O)n2OC(=O)C(F)(F)F)CC1. The van der Waals surface area contributed by atoms with E-state index in [1.54, 1.807) is 0 Å². The summed E-state index contributed by atoms with van der Waals surface area (Å²) >= 11 is 1.25. The molecule has 3 N–H and O–H groups in total. The first-order valence-corrected chi connectivity index (χ1v) is 12.9. The number of rotatable bonds is 7. The minimum Gasteiger partial charge on any atom is -0.382 e. The molecular weight excluding hydrogens is 507 g/mol. The fraction of sp³-hybridized carbons (Fsp3) is 0.609. The van der Waals surface area contributed by atoms with Crippen LogP contribution in [0.3, 0.4) is 0 Å². The normalized spacial score (nSPS) is 23.2. The van der Waals surface area contributed by atoms with Gasteiger partial charge in [0.25, 0.3) is 5.56 Å². The molecular formula is C23H27F5N4O3S. The summed E-state index contributed by atoms with van der Waals surface area (Å²) in [4.78, 5) is 33.1. The molecule has 0 spiro atoms. The number of halogens is 5. The van der Waals surface area contributed by atoms with Gasteiger partial charge in [-0.25, -0.2) is 18.6 Å². The summed E-state index contributed by atoms with van der Waals surface area (Å²) in [6.45, 7) is -0.0909. The minimum atomic E-state index is -5.37. The summed E-state index contributed by atoms with van der Waals surface area (Å²) in [5.41, 5.74) is 3.12. The van der Waals surface area contributed by atoms with Crippen LogP contribution in [-0.4, -0.2) is 45.4 Å². The first-order valence-electron chi connectivity index (χ1n) is 11.8. The molecule has 2 saturated carbocycles. The Bertz CT molecular complexity index is 1180. The third-order valence-corrected chi connectivity index (χ3v) is 8.09. The third-order valence-electron chi connectivity index (χ3n) is 6.73. The molecule has 0 amide bonds. The number of carbonyl (C=O) groups is 1. The number of benzene rings is 1. The van der Waals surface area contributed by atoms with E-state index in [0.717, 1.165) is 31.7 Å². The maximum absolute atomic E-state index is 14.9. The van der Waals surface area contributed by atoms with E-state index in [2.05, 4.69) is 15.1 Å². The average Bonchev–Trinajstić information content (AvgIpc) is 3.32. The molecule has 0 bridgehead atoms. The van der Waals surface area contributed by atoms with Crippen LogP contribution in [0.25, 0.3) is 10.9 Å². The van der Waals surface area contributed by atoms with Crippen molar-refractivity contribution in [1.29, 1.82) is 0 Å². The number of thioether (sulfide) groups is 1. The quantitative estimate of drug-likeness (QED) is 0.513. The fourth-order valence-electron chi connectivity index (χ4n) is 4.68. The molecule has 4 rings (SSSR count). The van der Waals surface area contributed by atoms with Crippen LogP contribution >= 0.6 is 11.8 Å². The number of nitrogens with one attached hydrogen (secondary N) is 1. The van der Waals surface area contributed by atoms with Crippen LogP contribution in [0.4, 0.5) is 27.6 Å². The molecule has 0 radical (unpaired) electrons. The summed E-state index contributed by atoms with van der Waals surface area (Å²) in [7, 11) is 0. The van der Waals surface area contributed by atoms with Crippen LogP contribution in [0.15, 0.2) is 16.9 Å². The molecule has 0 aliphatic heterocycles. The second-order valence-corrected chi connectivity index (χ2v) is 10.6. The molecule has 36 heavy (non-hydrogen) atoms. The van der Waals surface area contributed by atoms with Crippen molar-refractivity contribution in [2.24, 2.45) is 5.73 Å². The molecule has 7 nitrogen and oxygen atoms in total. The highest BCUT2D eigenvalue weighted by molar-refractivity contribution is 7.99. The van der Waals surface area contributed by atoms with E-state index >= 15 is 0 Å². The fourth-order valence-corrected chi connectivity index (χ4v) is 5.81. The van der Waals surface area contributed by atoms with Crippen molar-refractivity contribution in [3.05, 3.63) is 34.1 Å². The Kier molecular flexibility index (Phi) is 7.79. The van der Waals surface area contributed by atoms with E-state index in [1.165, 1.54) is 17.8 Å². The van der Waals surface area contributed by atoms with E-state index in [9.17, 15) is 31.5 Å². The first kappa shape index (κ1) is 26.6. The first-order chi connectivity index (χ1) is 17.0. The number of fused-ring (bicyclic) bond motifs is 1. The zero-order valence-electron chi connectivity index (χ0n) is 19.4. The van der Waals surface area contributed by atoms with Gasteiger partial charge in [-0.2, -0.15) is 24.9 Å². The molecule has 198 valence electrons. The second-order valence-electron chi connectivity index (χ2n) is 9.35. The summed E-state index contributed by atoms with van der Waals surface area (Å²) in [6, 6.07) is 2.69. The Morgan fingerprint density at radius 2 is 1.89 bits per heavy atom. The lowest BCUT2D eigenvalue weighted by Crippen LogP contribution is -2.40. The van der Waals surface area contributed by atoms with Gasteiger partial charge in [-0.05, 0) is 50.7 Å². The van der Waals surface area contributed by atoms with Crippen LogP contribution in [-0.2, 0) is 10.5 Å². The van der Waals surface area contributed by atoms with Gasteiger partial charge < -0.3 is 15.9 Å². The van der Waals surface area contributed by atoms with Gasteiger partial charge in [0.2, 0.25) is 0 Å². The highest BCUT2D eigenvalue weighted by Crippen LogP contribution is 2.37. The monoisotopic (exact) mass is 534 g/mol. The van der Waals surface area contributed by atoms with Gasteiger partial charge in [-0.15, -0.1) is 4.73 Å². The highest BCUT2D eigenvalue weighted by Gasteiger charge is 2.43. The van der Waals surface area contributed by atoms with Crippen LogP contribution < -0.4 is 21.4 Å². The number of carbonyl (C=O) groups excluding carboxylic acids is 1. The summed E-state index contributed by atoms with van der Waals surface area (Å²) in [6.07, 6.45) is -0.0383. The van der Waals surface area contributed by atoms with Gasteiger partial charge in [0, 0.05) is 23.5 Å². The molecule has 2 fully saturated rings. The number of aromatic nitrogens is 2. The lowest BCUT2D eigenvalue weighted by molar-refractivity contribution is -0.200. The summed E-state index contributed by atoms with van der Waals surface area (Å²) in [5.74, 6) is -4.00. The van der Waals surface area contributed by atoms with E-state index in [1.807, 2.05) is 0 Å². The summed E-state index contributed by atoms with van der Waals surface area (Å²) < 4.78 is 68.1. The van der Waals surface area contributed by atoms with E-state index in [0.29, 0.717) is 18.5 Å². The molecule has 1 aromatic heterocycles. The van der Waals surface area contributed by atoms with E-state index < -0.39 is 34.6 Å². The van der Waals surface area contributed by atoms with Gasteiger partial charge in [-0.1, -0.05) is 12.8 Å². The van der Waals surface area contributed by atoms with E-state index in [4.69, 9.17) is 5.73 Å². The number of hydrogen-bond donors (Lipinski definition) is 2. The number of nitrogens with two attached hydrogens (primary N) is 1. The standard InChI is InChI=1S/C23H27F5N4O3S/c24-16-9-14(30-13-3-1-2-4-13)10-17-19(16)20(33)32(35-21(34)23(26,27)28)18(31-17)11-36-15-5-7-22(25,12-29)8-6-15/h9-10,13,15,30H,1-8,11-12,29H2. The summed E-state index contributed by atoms with van der Waals surface area (Å²) in [5, 5.41) is 2.55. The van der Waals surface area contributed by atoms with Crippen LogP contribution in [0.2, 0.25) is 0 Å². The van der Waals surface area contributed by atoms with Crippen LogP contribution in [0.5, 0.6) is 0 Å². The number of hydrogen-bond acceptors (Lipinski definition) is 7. The van der Waals surface area contributed by atoms with Gasteiger partial charge in [0.05, 0.1) is 11.3 Å². The molecule has 1 heterocycles. The molecule has 1 aromatic carbocycles. The smallest absolute Gasteiger partial charge is 0.382 e. The second kappa shape index (κ2) is 10.5. The highest BCUT2D eigenvalue weighted by atomic mass is 32.2. The number of nitrogens with zero attached hydrogens (tertiary/aromatic N) is 2. The lowest BCUT2D eigenvalue weighted by atomic mass is 9.86. The van der Waals surface area contributed by atoms with E-state index in [-0.39, 0.29) is 52.5 Å². The predicted molar refractivity (Wildman–Crippen MR) is 126 cm³/mol. The Morgan fingerprint density at radius 1 is 1.22 bits per heavy atom. The Hall–Kier alpha value is -2.41. The zero-order chi connectivity index (χ0) is 26.1. The molecule has 0 saturated heterocycles. The zero-order valence-corrected chi connectivity index (χ0v) is 20.2. The van der Waals surface area contributed by atoms with Crippen molar-refractivity contribution in [3.63, 3.8) is 0 Å². The molecule has 13 heteroatoms. The Morgan fingerprint density at radius 3 is 2.50 bits per heavy atom. The minimum absolute atomic E-state index is 0.0631. The van der Waals surface area contributed by atoms with Gasteiger partial charge in [-0.3, -0.25) is 4.79 Å². The topological polar surface area (TPSA) is 99.2 Å². The maximum Gasteiger partial charge on any atom is 0.493 e. The maximum atomic E-state index is 14.9. The predicted octanol–water partition coefficient (Wildman–Crippen LogP) is 4.25. The Balaban J connectivity index is 1.65. The average molecular weight is 535 g/mol. The van der Waals surface area contributed by atoms with Gasteiger partial charge in [0.15, 0.2) is 5.82 Å². The molecule has 2 aromatic rings. The van der Waals surface area contributed by atoms with Crippen molar-refractivity contribution in [2.75, 3.05) is 11.9 Å². The van der Waals surface area contributed by atoms with Crippen LogP contribution in [0.1, 0.15) is 57.2 Å². The van der Waals surface area contributed by atoms with Crippen molar-refractivity contribution >= 4 is 34.3 Å². The van der Waals surface area contributed by atoms with Crippen molar-refractivity contribution in [3.8, 4) is 0 Å². The molecule has 0 unspecified atom stereocenters. The van der Waals surface area contributed by atoms with Crippen molar-refractivity contribution < 1.29 is 31.6 Å². The van der Waals surface area contributed by atoms with Crippen molar-refractivity contribution in [2.45, 2.75) is 80.3 Å². The number of anilines is 1. The molecule has 2 aliphatic rings. The third kappa shape index (κ3) is 5.93. The largest absolute Gasteiger partial charge is 0.493 e. The Labute approximate surface area is 207 Å². The van der Waals surface area contributed by atoms with Gasteiger partial charge >= 0.3 is 12.1 Å².